The molecule has 0 bridgehead atoms. The Kier molecular flexibility index (Phi) is 7.30. The van der Waals surface area contributed by atoms with Gasteiger partial charge in [0, 0.05) is 6.54 Å². The van der Waals surface area contributed by atoms with Crippen LogP contribution in [-0.2, 0) is 9.53 Å². The van der Waals surface area contributed by atoms with Crippen LogP contribution in [0.4, 0.5) is 5.69 Å². The summed E-state index contributed by atoms with van der Waals surface area (Å²) in [5, 5.41) is 0.656. The lowest BCUT2D eigenvalue weighted by atomic mass is 10.1. The summed E-state index contributed by atoms with van der Waals surface area (Å²) in [5.41, 5.74) is 2.06. The summed E-state index contributed by atoms with van der Waals surface area (Å²) < 4.78 is 10.2. The molecule has 2 aromatic rings. The number of carbonyl (C=O) groups excluding carboxylic acids is 2. The van der Waals surface area contributed by atoms with E-state index in [1.165, 1.54) is 18.9 Å². The van der Waals surface area contributed by atoms with Crippen molar-refractivity contribution < 1.29 is 19.1 Å². The first-order valence-corrected chi connectivity index (χ1v) is 10.6. The van der Waals surface area contributed by atoms with Crippen LogP contribution in [0.15, 0.2) is 58.4 Å². The van der Waals surface area contributed by atoms with Crippen LogP contribution < -0.4 is 4.74 Å². The topological polar surface area (TPSA) is 68.2 Å². The van der Waals surface area contributed by atoms with Gasteiger partial charge in [0.1, 0.15) is 5.75 Å². The van der Waals surface area contributed by atoms with Gasteiger partial charge in [-0.15, -0.1) is 0 Å². The first-order valence-electron chi connectivity index (χ1n) is 9.77. The molecule has 0 saturated carbocycles. The summed E-state index contributed by atoms with van der Waals surface area (Å²) in [5.74, 6) is 0.334. The van der Waals surface area contributed by atoms with Crippen molar-refractivity contribution in [1.29, 1.82) is 0 Å². The number of nitrogens with zero attached hydrogens (tertiary/aromatic N) is 2. The van der Waals surface area contributed by atoms with Crippen molar-refractivity contribution in [2.45, 2.75) is 20.3 Å². The van der Waals surface area contributed by atoms with Gasteiger partial charge in [0.15, 0.2) is 5.17 Å². The summed E-state index contributed by atoms with van der Waals surface area (Å²) in [6, 6.07) is 14.4. The second kappa shape index (κ2) is 10.1. The number of methoxy groups -OCH3 is 1. The highest BCUT2D eigenvalue weighted by molar-refractivity contribution is 8.18. The number of hydrogen-bond donors (Lipinski definition) is 0. The van der Waals surface area contributed by atoms with Gasteiger partial charge < -0.3 is 9.47 Å². The zero-order valence-electron chi connectivity index (χ0n) is 17.3. The van der Waals surface area contributed by atoms with Gasteiger partial charge in [-0.1, -0.05) is 19.1 Å². The van der Waals surface area contributed by atoms with E-state index in [2.05, 4.69) is 4.99 Å². The Labute approximate surface area is 180 Å². The summed E-state index contributed by atoms with van der Waals surface area (Å²) in [7, 11) is 1.35. The number of benzene rings is 2. The zero-order chi connectivity index (χ0) is 21.5. The van der Waals surface area contributed by atoms with E-state index < -0.39 is 0 Å². The van der Waals surface area contributed by atoms with E-state index >= 15 is 0 Å². The number of amidine groups is 1. The van der Waals surface area contributed by atoms with Gasteiger partial charge in [0.25, 0.3) is 5.91 Å². The molecule has 0 aromatic heterocycles. The van der Waals surface area contributed by atoms with Gasteiger partial charge in [-0.3, -0.25) is 9.69 Å². The van der Waals surface area contributed by atoms with Crippen LogP contribution in [0.2, 0.25) is 0 Å². The SMILES string of the molecule is CCCN1C(=O)C(=Cc2ccc(C(=O)OC)cc2)SC1=Nc1ccc(OCC)cc1. The van der Waals surface area contributed by atoms with E-state index in [0.29, 0.717) is 28.8 Å². The second-order valence-electron chi connectivity index (χ2n) is 6.50. The van der Waals surface area contributed by atoms with E-state index in [-0.39, 0.29) is 11.9 Å². The fourth-order valence-electron chi connectivity index (χ4n) is 2.89. The van der Waals surface area contributed by atoms with Crippen LogP contribution in [0.3, 0.4) is 0 Å². The summed E-state index contributed by atoms with van der Waals surface area (Å²) >= 11 is 1.35. The Hall–Kier alpha value is -3.06. The third-order valence-electron chi connectivity index (χ3n) is 4.34. The summed E-state index contributed by atoms with van der Waals surface area (Å²) in [6.07, 6.45) is 2.65. The Morgan fingerprint density at radius 2 is 1.80 bits per heavy atom. The molecule has 1 aliphatic heterocycles. The minimum atomic E-state index is -0.389. The standard InChI is InChI=1S/C23H24N2O4S/c1-4-14-25-21(26)20(15-16-6-8-17(9-7-16)22(27)28-3)30-23(25)24-18-10-12-19(13-11-18)29-5-2/h6-13,15H,4-5,14H2,1-3H3. The molecule has 1 heterocycles. The predicted molar refractivity (Wildman–Crippen MR) is 120 cm³/mol. The molecule has 3 rings (SSSR count). The molecule has 1 amide bonds. The summed E-state index contributed by atoms with van der Waals surface area (Å²) in [4.78, 5) is 31.5. The van der Waals surface area contributed by atoms with Crippen molar-refractivity contribution in [3.8, 4) is 5.75 Å². The van der Waals surface area contributed by atoms with Crippen LogP contribution in [0.1, 0.15) is 36.2 Å². The number of esters is 1. The molecule has 0 unspecified atom stereocenters. The number of carbonyl (C=O) groups is 2. The van der Waals surface area contributed by atoms with E-state index in [0.717, 1.165) is 23.4 Å². The first kappa shape index (κ1) is 21.6. The fraction of sp³-hybridized carbons (Fsp3) is 0.261. The minimum absolute atomic E-state index is 0.0661. The number of thioether (sulfide) groups is 1. The Balaban J connectivity index is 1.84. The Bertz CT molecular complexity index is 966. The normalized spacial score (nSPS) is 16.4. The molecule has 0 spiro atoms. The molecule has 7 heteroatoms. The van der Waals surface area contributed by atoms with Crippen molar-refractivity contribution in [2.75, 3.05) is 20.3 Å². The van der Waals surface area contributed by atoms with Crippen LogP contribution >= 0.6 is 11.8 Å². The third kappa shape index (κ3) is 5.10. The van der Waals surface area contributed by atoms with Crippen molar-refractivity contribution in [2.24, 2.45) is 4.99 Å². The van der Waals surface area contributed by atoms with E-state index in [1.807, 2.05) is 44.2 Å². The van der Waals surface area contributed by atoms with E-state index in [1.54, 1.807) is 29.2 Å². The lowest BCUT2D eigenvalue weighted by Crippen LogP contribution is -2.29. The van der Waals surface area contributed by atoms with Crippen LogP contribution in [0.25, 0.3) is 6.08 Å². The van der Waals surface area contributed by atoms with E-state index in [4.69, 9.17) is 9.47 Å². The van der Waals surface area contributed by atoms with Gasteiger partial charge >= 0.3 is 5.97 Å². The Morgan fingerprint density at radius 3 is 2.40 bits per heavy atom. The molecule has 1 saturated heterocycles. The maximum Gasteiger partial charge on any atom is 0.337 e. The first-order chi connectivity index (χ1) is 14.5. The highest BCUT2D eigenvalue weighted by Crippen LogP contribution is 2.34. The predicted octanol–water partition coefficient (Wildman–Crippen LogP) is 4.89. The lowest BCUT2D eigenvalue weighted by molar-refractivity contribution is -0.122. The maximum absolute atomic E-state index is 12.9. The highest BCUT2D eigenvalue weighted by Gasteiger charge is 2.32. The third-order valence-corrected chi connectivity index (χ3v) is 5.34. The van der Waals surface area contributed by atoms with Gasteiger partial charge in [-0.25, -0.2) is 9.79 Å². The van der Waals surface area contributed by atoms with Gasteiger partial charge in [0.05, 0.1) is 29.9 Å². The molecule has 0 aliphatic carbocycles. The quantitative estimate of drug-likeness (QED) is 0.468. The number of aliphatic imine (C=N–C) groups is 1. The van der Waals surface area contributed by atoms with Crippen LogP contribution in [0, 0.1) is 0 Å². The molecule has 2 aromatic carbocycles. The van der Waals surface area contributed by atoms with E-state index in [9.17, 15) is 9.59 Å². The number of ether oxygens (including phenoxy) is 2. The number of amides is 1. The van der Waals surface area contributed by atoms with Crippen molar-refractivity contribution in [3.05, 3.63) is 64.6 Å². The molecule has 0 N–H and O–H groups in total. The molecule has 0 radical (unpaired) electrons. The Morgan fingerprint density at radius 1 is 1.10 bits per heavy atom. The maximum atomic E-state index is 12.9. The molecular formula is C23H24N2O4S. The van der Waals surface area contributed by atoms with Gasteiger partial charge in [-0.05, 0) is 73.1 Å². The monoisotopic (exact) mass is 424 g/mol. The van der Waals surface area contributed by atoms with Gasteiger partial charge in [0.2, 0.25) is 0 Å². The van der Waals surface area contributed by atoms with Gasteiger partial charge in [-0.2, -0.15) is 0 Å². The fourth-order valence-corrected chi connectivity index (χ4v) is 3.92. The largest absolute Gasteiger partial charge is 0.494 e. The molecule has 6 nitrogen and oxygen atoms in total. The zero-order valence-corrected chi connectivity index (χ0v) is 18.1. The average molecular weight is 425 g/mol. The van der Waals surface area contributed by atoms with Crippen molar-refractivity contribution >= 4 is 40.6 Å². The van der Waals surface area contributed by atoms with Crippen LogP contribution in [0.5, 0.6) is 5.75 Å². The van der Waals surface area contributed by atoms with Crippen molar-refractivity contribution in [3.63, 3.8) is 0 Å². The molecular weight excluding hydrogens is 400 g/mol. The second-order valence-corrected chi connectivity index (χ2v) is 7.51. The molecule has 1 fully saturated rings. The summed E-state index contributed by atoms with van der Waals surface area (Å²) in [6.45, 7) is 5.17. The molecule has 0 atom stereocenters. The molecule has 156 valence electrons. The molecule has 1 aliphatic rings. The molecule has 30 heavy (non-hydrogen) atoms. The lowest BCUT2D eigenvalue weighted by Gasteiger charge is -2.14. The number of rotatable bonds is 7. The highest BCUT2D eigenvalue weighted by atomic mass is 32.2. The number of hydrogen-bond acceptors (Lipinski definition) is 6. The average Bonchev–Trinajstić information content (AvgIpc) is 3.04. The van der Waals surface area contributed by atoms with Crippen molar-refractivity contribution in [1.82, 2.24) is 4.90 Å². The van der Waals surface area contributed by atoms with Crippen LogP contribution in [-0.4, -0.2) is 42.2 Å². The minimum Gasteiger partial charge on any atom is -0.494 e. The smallest absolute Gasteiger partial charge is 0.337 e.